The van der Waals surface area contributed by atoms with Crippen LogP contribution in [0.2, 0.25) is 0 Å². The van der Waals surface area contributed by atoms with E-state index in [4.69, 9.17) is 0 Å². The maximum atomic E-state index is 13.2. The topological polar surface area (TPSA) is 32.3 Å². The molecule has 3 nitrogen and oxygen atoms in total. The van der Waals surface area contributed by atoms with Crippen LogP contribution in [0.3, 0.4) is 0 Å². The van der Waals surface area contributed by atoms with Gasteiger partial charge in [-0.25, -0.2) is 8.78 Å². The monoisotopic (exact) mass is 338 g/mol. The van der Waals surface area contributed by atoms with Gasteiger partial charge in [0.05, 0.1) is 6.04 Å². The third kappa shape index (κ3) is 4.36. The number of amides is 1. The number of halogens is 2. The molecule has 1 aromatic heterocycles. The highest BCUT2D eigenvalue weighted by atomic mass is 32.1. The van der Waals surface area contributed by atoms with Crippen molar-refractivity contribution >= 4 is 17.2 Å². The molecule has 0 spiro atoms. The van der Waals surface area contributed by atoms with Crippen LogP contribution in [-0.2, 0) is 0 Å². The summed E-state index contributed by atoms with van der Waals surface area (Å²) in [6.07, 6.45) is 0. The van der Waals surface area contributed by atoms with E-state index in [9.17, 15) is 13.6 Å². The minimum absolute atomic E-state index is 0.0606. The van der Waals surface area contributed by atoms with E-state index in [0.29, 0.717) is 6.54 Å². The van der Waals surface area contributed by atoms with E-state index in [2.05, 4.69) is 29.4 Å². The van der Waals surface area contributed by atoms with E-state index in [1.165, 1.54) is 6.07 Å². The fourth-order valence-corrected chi connectivity index (χ4v) is 3.22. The van der Waals surface area contributed by atoms with Crippen molar-refractivity contribution in [2.24, 2.45) is 0 Å². The molecule has 6 heteroatoms. The Balaban J connectivity index is 2.08. The zero-order chi connectivity index (χ0) is 16.8. The van der Waals surface area contributed by atoms with Gasteiger partial charge in [-0.05, 0) is 53.7 Å². The third-order valence-electron chi connectivity index (χ3n) is 3.82. The van der Waals surface area contributed by atoms with Crippen molar-refractivity contribution in [2.75, 3.05) is 19.6 Å². The maximum absolute atomic E-state index is 13.2. The molecule has 23 heavy (non-hydrogen) atoms. The van der Waals surface area contributed by atoms with Gasteiger partial charge < -0.3 is 5.32 Å². The molecule has 1 aromatic carbocycles. The molecule has 0 aliphatic carbocycles. The highest BCUT2D eigenvalue weighted by molar-refractivity contribution is 7.07. The highest BCUT2D eigenvalue weighted by Gasteiger charge is 2.20. The molecule has 1 N–H and O–H groups in total. The lowest BCUT2D eigenvalue weighted by Gasteiger charge is -2.29. The van der Waals surface area contributed by atoms with Crippen LogP contribution in [0.1, 0.15) is 35.8 Å². The van der Waals surface area contributed by atoms with E-state index in [1.807, 2.05) is 11.4 Å². The average molecular weight is 338 g/mol. The number of benzene rings is 1. The van der Waals surface area contributed by atoms with E-state index < -0.39 is 17.5 Å². The van der Waals surface area contributed by atoms with Gasteiger partial charge in [-0.1, -0.05) is 13.8 Å². The molecule has 2 aromatic rings. The molecule has 0 fully saturated rings. The summed E-state index contributed by atoms with van der Waals surface area (Å²) in [7, 11) is 0. The van der Waals surface area contributed by atoms with Crippen LogP contribution in [0.25, 0.3) is 0 Å². The van der Waals surface area contributed by atoms with Gasteiger partial charge in [0.1, 0.15) is 0 Å². The van der Waals surface area contributed by atoms with Crippen LogP contribution in [0.5, 0.6) is 0 Å². The Hall–Kier alpha value is -1.79. The summed E-state index contributed by atoms with van der Waals surface area (Å²) in [6.45, 7) is 6.27. The van der Waals surface area contributed by atoms with Crippen LogP contribution in [-0.4, -0.2) is 30.4 Å². The first-order valence-corrected chi connectivity index (χ1v) is 8.50. The van der Waals surface area contributed by atoms with Crippen molar-refractivity contribution in [3.05, 3.63) is 57.8 Å². The number of hydrogen-bond donors (Lipinski definition) is 1. The minimum atomic E-state index is -1.02. The van der Waals surface area contributed by atoms with Crippen LogP contribution in [0, 0.1) is 11.6 Å². The SMILES string of the molecule is CCN(CC)C(CNC(=O)c1ccc(F)c(F)c1)c1ccsc1. The molecule has 0 aliphatic heterocycles. The van der Waals surface area contributed by atoms with Gasteiger partial charge in [-0.15, -0.1) is 0 Å². The van der Waals surface area contributed by atoms with Gasteiger partial charge in [-0.2, -0.15) is 11.3 Å². The normalized spacial score (nSPS) is 12.4. The van der Waals surface area contributed by atoms with Crippen molar-refractivity contribution in [1.29, 1.82) is 0 Å². The molecule has 124 valence electrons. The first-order chi connectivity index (χ1) is 11.1. The molecule has 2 rings (SSSR count). The van der Waals surface area contributed by atoms with Crippen molar-refractivity contribution in [1.82, 2.24) is 10.2 Å². The molecule has 1 amide bonds. The smallest absolute Gasteiger partial charge is 0.251 e. The zero-order valence-corrected chi connectivity index (χ0v) is 14.0. The first-order valence-electron chi connectivity index (χ1n) is 7.56. The number of carbonyl (C=O) groups is 1. The molecule has 0 bridgehead atoms. The number of rotatable bonds is 7. The van der Waals surface area contributed by atoms with Crippen LogP contribution in [0.4, 0.5) is 8.78 Å². The summed E-state index contributed by atoms with van der Waals surface area (Å²) in [5.74, 6) is -2.38. The van der Waals surface area contributed by atoms with Crippen LogP contribution in [0.15, 0.2) is 35.0 Å². The number of likely N-dealkylation sites (N-methyl/N-ethyl adjacent to an activating group) is 1. The Morgan fingerprint density at radius 1 is 1.22 bits per heavy atom. The minimum Gasteiger partial charge on any atom is -0.350 e. The Bertz CT molecular complexity index is 642. The standard InChI is InChI=1S/C17H20F2N2OS/c1-3-21(4-2)16(13-7-8-23-11-13)10-20-17(22)12-5-6-14(18)15(19)9-12/h5-9,11,16H,3-4,10H2,1-2H3,(H,20,22). The van der Waals surface area contributed by atoms with Gasteiger partial charge in [0.15, 0.2) is 11.6 Å². The summed E-state index contributed by atoms with van der Waals surface area (Å²) in [6, 6.07) is 5.26. The number of nitrogens with zero attached hydrogens (tertiary/aromatic N) is 1. The average Bonchev–Trinajstić information content (AvgIpc) is 3.07. The number of thiophene rings is 1. The lowest BCUT2D eigenvalue weighted by Crippen LogP contribution is -2.37. The molecular formula is C17H20F2N2OS. The Morgan fingerprint density at radius 2 is 1.96 bits per heavy atom. The number of carbonyl (C=O) groups excluding carboxylic acids is 1. The molecule has 0 aliphatic rings. The van der Waals surface area contributed by atoms with Crippen molar-refractivity contribution in [3.8, 4) is 0 Å². The molecule has 1 atom stereocenters. The van der Waals surface area contributed by atoms with Crippen molar-refractivity contribution in [3.63, 3.8) is 0 Å². The molecule has 1 heterocycles. The molecular weight excluding hydrogens is 318 g/mol. The summed E-state index contributed by atoms with van der Waals surface area (Å²) in [5.41, 5.74) is 1.26. The first kappa shape index (κ1) is 17.6. The Morgan fingerprint density at radius 3 is 2.52 bits per heavy atom. The fourth-order valence-electron chi connectivity index (χ4n) is 2.52. The van der Waals surface area contributed by atoms with Gasteiger partial charge in [-0.3, -0.25) is 9.69 Å². The van der Waals surface area contributed by atoms with E-state index >= 15 is 0 Å². The highest BCUT2D eigenvalue weighted by Crippen LogP contribution is 2.22. The summed E-state index contributed by atoms with van der Waals surface area (Å²) in [5, 5.41) is 6.88. The van der Waals surface area contributed by atoms with E-state index in [-0.39, 0.29) is 11.6 Å². The molecule has 0 radical (unpaired) electrons. The second-order valence-electron chi connectivity index (χ2n) is 5.13. The summed E-state index contributed by atoms with van der Waals surface area (Å²) in [4.78, 5) is 14.4. The molecule has 0 saturated carbocycles. The Labute approximate surface area is 138 Å². The lowest BCUT2D eigenvalue weighted by atomic mass is 10.1. The Kier molecular flexibility index (Phi) is 6.24. The largest absolute Gasteiger partial charge is 0.350 e. The molecule has 0 saturated heterocycles. The predicted octanol–water partition coefficient (Wildman–Crippen LogP) is 3.84. The lowest BCUT2D eigenvalue weighted by molar-refractivity contribution is 0.0934. The van der Waals surface area contributed by atoms with Gasteiger partial charge >= 0.3 is 0 Å². The molecule has 1 unspecified atom stereocenters. The van der Waals surface area contributed by atoms with E-state index in [1.54, 1.807) is 11.3 Å². The van der Waals surface area contributed by atoms with Crippen molar-refractivity contribution < 1.29 is 13.6 Å². The number of nitrogens with one attached hydrogen (secondary N) is 1. The summed E-state index contributed by atoms with van der Waals surface area (Å²) >= 11 is 1.61. The summed E-state index contributed by atoms with van der Waals surface area (Å²) < 4.78 is 26.2. The predicted molar refractivity (Wildman–Crippen MR) is 88.7 cm³/mol. The fraction of sp³-hybridized carbons (Fsp3) is 0.353. The maximum Gasteiger partial charge on any atom is 0.251 e. The van der Waals surface area contributed by atoms with Crippen LogP contribution >= 0.6 is 11.3 Å². The van der Waals surface area contributed by atoms with Crippen molar-refractivity contribution in [2.45, 2.75) is 19.9 Å². The quantitative estimate of drug-likeness (QED) is 0.832. The van der Waals surface area contributed by atoms with E-state index in [0.717, 1.165) is 30.8 Å². The van der Waals surface area contributed by atoms with Gasteiger partial charge in [0, 0.05) is 12.1 Å². The van der Waals surface area contributed by atoms with Gasteiger partial charge in [0.2, 0.25) is 0 Å². The zero-order valence-electron chi connectivity index (χ0n) is 13.2. The van der Waals surface area contributed by atoms with Crippen LogP contribution < -0.4 is 5.32 Å². The second-order valence-corrected chi connectivity index (χ2v) is 5.91. The van der Waals surface area contributed by atoms with Gasteiger partial charge in [0.25, 0.3) is 5.91 Å². The second kappa shape index (κ2) is 8.17. The number of hydrogen-bond acceptors (Lipinski definition) is 3. The third-order valence-corrected chi connectivity index (χ3v) is 4.52.